The number of para-hydroxylation sites is 1. The highest BCUT2D eigenvalue weighted by molar-refractivity contribution is 5.79. The number of aliphatic imine (C=N–C) groups is 1. The van der Waals surface area contributed by atoms with Crippen LogP contribution in [0.25, 0.3) is 0 Å². The van der Waals surface area contributed by atoms with Gasteiger partial charge in [-0.15, -0.1) is 0 Å². The molecule has 2 aromatic rings. The molecule has 0 atom stereocenters. The van der Waals surface area contributed by atoms with Gasteiger partial charge in [0.05, 0.1) is 6.54 Å². The summed E-state index contributed by atoms with van der Waals surface area (Å²) in [7, 11) is 3.63. The van der Waals surface area contributed by atoms with E-state index in [0.717, 1.165) is 37.0 Å². The van der Waals surface area contributed by atoms with Gasteiger partial charge in [0.15, 0.2) is 5.96 Å². The van der Waals surface area contributed by atoms with Gasteiger partial charge in [-0.3, -0.25) is 9.67 Å². The molecule has 0 spiro atoms. The highest BCUT2D eigenvalue weighted by atomic mass is 15.3. The zero-order valence-electron chi connectivity index (χ0n) is 13.1. The molecule has 0 saturated carbocycles. The molecule has 0 aliphatic rings. The van der Waals surface area contributed by atoms with E-state index >= 15 is 0 Å². The first-order valence-electron chi connectivity index (χ1n) is 7.36. The van der Waals surface area contributed by atoms with Crippen molar-refractivity contribution >= 4 is 11.6 Å². The van der Waals surface area contributed by atoms with Crippen LogP contribution in [0.4, 0.5) is 5.69 Å². The number of anilines is 1. The van der Waals surface area contributed by atoms with Crippen LogP contribution in [0, 0.1) is 0 Å². The Labute approximate surface area is 130 Å². The predicted molar refractivity (Wildman–Crippen MR) is 88.8 cm³/mol. The minimum Gasteiger partial charge on any atom is -0.385 e. The van der Waals surface area contributed by atoms with Gasteiger partial charge in [-0.25, -0.2) is 4.98 Å². The lowest BCUT2D eigenvalue weighted by Crippen LogP contribution is -2.38. The summed E-state index contributed by atoms with van der Waals surface area (Å²) >= 11 is 0. The molecular formula is C15H23N7. The Morgan fingerprint density at radius 1 is 1.18 bits per heavy atom. The number of aromatic nitrogens is 3. The largest absolute Gasteiger partial charge is 0.385 e. The summed E-state index contributed by atoms with van der Waals surface area (Å²) in [5.74, 6) is 1.64. The molecule has 0 radical (unpaired) electrons. The van der Waals surface area contributed by atoms with E-state index in [1.54, 1.807) is 18.1 Å². The van der Waals surface area contributed by atoms with E-state index in [1.165, 1.54) is 0 Å². The summed E-state index contributed by atoms with van der Waals surface area (Å²) in [6, 6.07) is 10.2. The summed E-state index contributed by atoms with van der Waals surface area (Å²) in [5.41, 5.74) is 1.15. The average molecular weight is 301 g/mol. The Balaban J connectivity index is 1.61. The van der Waals surface area contributed by atoms with Crippen LogP contribution >= 0.6 is 0 Å². The Morgan fingerprint density at radius 3 is 2.68 bits per heavy atom. The van der Waals surface area contributed by atoms with Crippen molar-refractivity contribution in [1.29, 1.82) is 0 Å². The van der Waals surface area contributed by atoms with Crippen LogP contribution < -0.4 is 16.0 Å². The van der Waals surface area contributed by atoms with Gasteiger partial charge in [0, 0.05) is 32.9 Å². The van der Waals surface area contributed by atoms with Crippen molar-refractivity contribution in [2.75, 3.05) is 25.5 Å². The fourth-order valence-electron chi connectivity index (χ4n) is 1.95. The summed E-state index contributed by atoms with van der Waals surface area (Å²) in [5, 5.41) is 13.9. The van der Waals surface area contributed by atoms with Crippen molar-refractivity contribution < 1.29 is 0 Å². The maximum atomic E-state index is 4.19. The third kappa shape index (κ3) is 5.08. The Bertz CT molecular complexity index is 577. The number of guanidine groups is 1. The van der Waals surface area contributed by atoms with Crippen molar-refractivity contribution in [1.82, 2.24) is 25.4 Å². The molecule has 0 bridgehead atoms. The monoisotopic (exact) mass is 301 g/mol. The summed E-state index contributed by atoms with van der Waals surface area (Å²) in [6.07, 6.45) is 2.54. The summed E-state index contributed by atoms with van der Waals surface area (Å²) in [4.78, 5) is 8.35. The minimum absolute atomic E-state index is 0.596. The number of aryl methyl sites for hydroxylation is 1. The first-order chi connectivity index (χ1) is 10.8. The van der Waals surface area contributed by atoms with Crippen LogP contribution in [0.15, 0.2) is 41.7 Å². The standard InChI is InChI=1S/C15H23N7/c1-16-15(19-11-14-20-12-21-22(14)2)18-10-6-9-17-13-7-4-3-5-8-13/h3-5,7-8,12,17H,6,9-11H2,1-2H3,(H2,16,18,19). The Kier molecular flexibility index (Phi) is 6.22. The lowest BCUT2D eigenvalue weighted by atomic mass is 10.3. The summed E-state index contributed by atoms with van der Waals surface area (Å²) < 4.78 is 1.74. The SMILES string of the molecule is CN=C(NCCCNc1ccccc1)NCc1ncnn1C. The lowest BCUT2D eigenvalue weighted by Gasteiger charge is -2.12. The van der Waals surface area contributed by atoms with E-state index < -0.39 is 0 Å². The maximum Gasteiger partial charge on any atom is 0.191 e. The van der Waals surface area contributed by atoms with E-state index in [1.807, 2.05) is 25.2 Å². The molecule has 7 nitrogen and oxygen atoms in total. The van der Waals surface area contributed by atoms with Crippen molar-refractivity contribution in [3.8, 4) is 0 Å². The molecule has 0 unspecified atom stereocenters. The highest BCUT2D eigenvalue weighted by Crippen LogP contribution is 2.04. The average Bonchev–Trinajstić information content (AvgIpc) is 2.96. The van der Waals surface area contributed by atoms with Gasteiger partial charge in [-0.2, -0.15) is 5.10 Å². The van der Waals surface area contributed by atoms with Crippen LogP contribution in [0.3, 0.4) is 0 Å². The third-order valence-corrected chi connectivity index (χ3v) is 3.19. The number of nitrogens with zero attached hydrogens (tertiary/aromatic N) is 4. The molecule has 0 aliphatic carbocycles. The first kappa shape index (κ1) is 15.8. The molecule has 1 heterocycles. The fourth-order valence-corrected chi connectivity index (χ4v) is 1.95. The van der Waals surface area contributed by atoms with E-state index in [2.05, 4.69) is 43.2 Å². The molecule has 0 aliphatic heterocycles. The molecule has 2 rings (SSSR count). The number of hydrogen-bond acceptors (Lipinski definition) is 4. The summed E-state index contributed by atoms with van der Waals surface area (Å²) in [6.45, 7) is 2.36. The van der Waals surface area contributed by atoms with Gasteiger partial charge in [0.1, 0.15) is 12.2 Å². The molecule has 1 aromatic carbocycles. The molecule has 1 aromatic heterocycles. The molecular weight excluding hydrogens is 278 g/mol. The molecule has 0 fully saturated rings. The van der Waals surface area contributed by atoms with Crippen molar-refractivity contribution in [2.24, 2.45) is 12.0 Å². The lowest BCUT2D eigenvalue weighted by molar-refractivity contribution is 0.670. The van der Waals surface area contributed by atoms with Crippen molar-refractivity contribution in [3.05, 3.63) is 42.5 Å². The van der Waals surface area contributed by atoms with Gasteiger partial charge in [0.2, 0.25) is 0 Å². The van der Waals surface area contributed by atoms with E-state index in [4.69, 9.17) is 0 Å². The Morgan fingerprint density at radius 2 is 2.00 bits per heavy atom. The molecule has 7 heteroatoms. The van der Waals surface area contributed by atoms with Gasteiger partial charge in [0.25, 0.3) is 0 Å². The number of rotatable bonds is 7. The normalized spacial score (nSPS) is 11.3. The Hall–Kier alpha value is -2.57. The predicted octanol–water partition coefficient (Wildman–Crippen LogP) is 0.982. The van der Waals surface area contributed by atoms with E-state index in [9.17, 15) is 0 Å². The van der Waals surface area contributed by atoms with Gasteiger partial charge in [-0.05, 0) is 18.6 Å². The van der Waals surface area contributed by atoms with Gasteiger partial charge < -0.3 is 16.0 Å². The molecule has 22 heavy (non-hydrogen) atoms. The smallest absolute Gasteiger partial charge is 0.191 e. The first-order valence-corrected chi connectivity index (χ1v) is 7.36. The second-order valence-corrected chi connectivity index (χ2v) is 4.80. The van der Waals surface area contributed by atoms with E-state index in [-0.39, 0.29) is 0 Å². The molecule has 0 saturated heterocycles. The molecule has 118 valence electrons. The fraction of sp³-hybridized carbons (Fsp3) is 0.400. The topological polar surface area (TPSA) is 79.2 Å². The van der Waals surface area contributed by atoms with E-state index in [0.29, 0.717) is 6.54 Å². The molecule has 0 amide bonds. The third-order valence-electron chi connectivity index (χ3n) is 3.19. The van der Waals surface area contributed by atoms with Crippen LogP contribution in [-0.4, -0.2) is 40.9 Å². The number of hydrogen-bond donors (Lipinski definition) is 3. The second-order valence-electron chi connectivity index (χ2n) is 4.80. The quantitative estimate of drug-likeness (QED) is 0.404. The number of nitrogens with one attached hydrogen (secondary N) is 3. The van der Waals surface area contributed by atoms with Crippen LogP contribution in [0.5, 0.6) is 0 Å². The number of benzene rings is 1. The van der Waals surface area contributed by atoms with Crippen molar-refractivity contribution in [3.63, 3.8) is 0 Å². The van der Waals surface area contributed by atoms with Gasteiger partial charge >= 0.3 is 0 Å². The zero-order valence-corrected chi connectivity index (χ0v) is 13.1. The molecule has 3 N–H and O–H groups in total. The van der Waals surface area contributed by atoms with Crippen molar-refractivity contribution in [2.45, 2.75) is 13.0 Å². The maximum absolute atomic E-state index is 4.19. The van der Waals surface area contributed by atoms with Crippen LogP contribution in [0.2, 0.25) is 0 Å². The second kappa shape index (κ2) is 8.66. The highest BCUT2D eigenvalue weighted by Gasteiger charge is 2.02. The van der Waals surface area contributed by atoms with Crippen LogP contribution in [-0.2, 0) is 13.6 Å². The van der Waals surface area contributed by atoms with Gasteiger partial charge in [-0.1, -0.05) is 18.2 Å². The van der Waals surface area contributed by atoms with Crippen LogP contribution in [0.1, 0.15) is 12.2 Å². The zero-order chi connectivity index (χ0) is 15.6. The minimum atomic E-state index is 0.596.